The summed E-state index contributed by atoms with van der Waals surface area (Å²) in [5.74, 6) is -1.33. The molecule has 102 valence electrons. The molecule has 0 amide bonds. The molecule has 0 heterocycles. The van der Waals surface area contributed by atoms with Gasteiger partial charge in [0, 0.05) is 17.4 Å². The highest BCUT2D eigenvalue weighted by Gasteiger charge is 2.17. The smallest absolute Gasteiger partial charge is 0.150 e. The fourth-order valence-electron chi connectivity index (χ4n) is 1.68. The topological polar surface area (TPSA) is 60.2 Å². The SMILES string of the molecule is CCS(=O)(=O)CCCC(N)c1c(F)cccc1F. The molecular formula is C12H17F2NO2S. The molecule has 1 aromatic rings. The largest absolute Gasteiger partial charge is 0.324 e. The second-order valence-electron chi connectivity index (χ2n) is 4.12. The second-order valence-corrected chi connectivity index (χ2v) is 6.59. The van der Waals surface area contributed by atoms with Crippen molar-refractivity contribution in [3.8, 4) is 0 Å². The van der Waals surface area contributed by atoms with Gasteiger partial charge in [0.05, 0.1) is 5.75 Å². The Morgan fingerprint density at radius 3 is 2.33 bits per heavy atom. The van der Waals surface area contributed by atoms with E-state index in [4.69, 9.17) is 5.73 Å². The number of sulfone groups is 1. The Morgan fingerprint density at radius 2 is 1.83 bits per heavy atom. The Balaban J connectivity index is 2.64. The quantitative estimate of drug-likeness (QED) is 0.867. The molecule has 0 aliphatic heterocycles. The van der Waals surface area contributed by atoms with Crippen LogP contribution in [-0.2, 0) is 9.84 Å². The van der Waals surface area contributed by atoms with E-state index >= 15 is 0 Å². The first-order valence-electron chi connectivity index (χ1n) is 5.77. The molecule has 0 aliphatic carbocycles. The molecule has 0 radical (unpaired) electrons. The molecular weight excluding hydrogens is 260 g/mol. The standard InChI is InChI=1S/C12H17F2NO2S/c1-2-18(16,17)8-4-7-11(15)12-9(13)5-3-6-10(12)14/h3,5-6,11H,2,4,7-8,15H2,1H3. The summed E-state index contributed by atoms with van der Waals surface area (Å²) in [7, 11) is -3.06. The van der Waals surface area contributed by atoms with Crippen LogP contribution in [0.1, 0.15) is 31.4 Å². The number of nitrogens with two attached hydrogens (primary N) is 1. The van der Waals surface area contributed by atoms with E-state index in [9.17, 15) is 17.2 Å². The monoisotopic (exact) mass is 277 g/mol. The van der Waals surface area contributed by atoms with E-state index in [0.717, 1.165) is 12.1 Å². The van der Waals surface area contributed by atoms with Gasteiger partial charge < -0.3 is 5.73 Å². The highest BCUT2D eigenvalue weighted by molar-refractivity contribution is 7.91. The first-order chi connectivity index (χ1) is 8.37. The van der Waals surface area contributed by atoms with Crippen molar-refractivity contribution in [3.05, 3.63) is 35.4 Å². The zero-order chi connectivity index (χ0) is 13.8. The van der Waals surface area contributed by atoms with Gasteiger partial charge in [0.25, 0.3) is 0 Å². The lowest BCUT2D eigenvalue weighted by atomic mass is 10.0. The Kier molecular flexibility index (Phi) is 5.22. The van der Waals surface area contributed by atoms with E-state index in [0.29, 0.717) is 6.42 Å². The molecule has 1 unspecified atom stereocenters. The molecule has 1 aromatic carbocycles. The number of hydrogen-bond acceptors (Lipinski definition) is 3. The molecule has 0 bridgehead atoms. The summed E-state index contributed by atoms with van der Waals surface area (Å²) in [6, 6.07) is 2.73. The molecule has 3 nitrogen and oxygen atoms in total. The molecule has 18 heavy (non-hydrogen) atoms. The van der Waals surface area contributed by atoms with Crippen LogP contribution in [0.15, 0.2) is 18.2 Å². The van der Waals surface area contributed by atoms with E-state index in [2.05, 4.69) is 0 Å². The van der Waals surface area contributed by atoms with Crippen LogP contribution in [0.25, 0.3) is 0 Å². The van der Waals surface area contributed by atoms with Crippen LogP contribution >= 0.6 is 0 Å². The summed E-state index contributed by atoms with van der Waals surface area (Å²) < 4.78 is 49.3. The lowest BCUT2D eigenvalue weighted by Gasteiger charge is -2.13. The summed E-state index contributed by atoms with van der Waals surface area (Å²) in [6.45, 7) is 1.56. The van der Waals surface area contributed by atoms with Crippen LogP contribution in [0.5, 0.6) is 0 Å². The molecule has 1 rings (SSSR count). The fraction of sp³-hybridized carbons (Fsp3) is 0.500. The van der Waals surface area contributed by atoms with Crippen LogP contribution in [0, 0.1) is 11.6 Å². The first-order valence-corrected chi connectivity index (χ1v) is 7.59. The van der Waals surface area contributed by atoms with Crippen molar-refractivity contribution in [1.82, 2.24) is 0 Å². The maximum atomic E-state index is 13.4. The molecule has 0 spiro atoms. The van der Waals surface area contributed by atoms with Crippen molar-refractivity contribution in [2.45, 2.75) is 25.8 Å². The number of hydrogen-bond donors (Lipinski definition) is 1. The Bertz CT molecular complexity index is 483. The van der Waals surface area contributed by atoms with E-state index in [1.54, 1.807) is 6.92 Å². The highest BCUT2D eigenvalue weighted by atomic mass is 32.2. The van der Waals surface area contributed by atoms with Gasteiger partial charge in [0.15, 0.2) is 0 Å². The lowest BCUT2D eigenvalue weighted by Crippen LogP contribution is -2.16. The number of halogens is 2. The maximum Gasteiger partial charge on any atom is 0.150 e. The second kappa shape index (κ2) is 6.24. The van der Waals surface area contributed by atoms with E-state index < -0.39 is 27.5 Å². The summed E-state index contributed by atoms with van der Waals surface area (Å²) in [6.07, 6.45) is 0.530. The van der Waals surface area contributed by atoms with Crippen molar-refractivity contribution in [2.24, 2.45) is 5.73 Å². The predicted octanol–water partition coefficient (Wildman–Crippen LogP) is 2.18. The summed E-state index contributed by atoms with van der Waals surface area (Å²) in [5, 5.41) is 0. The molecule has 2 N–H and O–H groups in total. The predicted molar refractivity (Wildman–Crippen MR) is 66.8 cm³/mol. The Hall–Kier alpha value is -1.01. The minimum atomic E-state index is -3.06. The van der Waals surface area contributed by atoms with Gasteiger partial charge in [-0.05, 0) is 25.0 Å². The minimum absolute atomic E-state index is 0.00667. The number of benzene rings is 1. The molecule has 0 saturated carbocycles. The van der Waals surface area contributed by atoms with Gasteiger partial charge in [-0.1, -0.05) is 13.0 Å². The number of rotatable bonds is 6. The maximum absolute atomic E-state index is 13.4. The van der Waals surface area contributed by atoms with Crippen LogP contribution in [-0.4, -0.2) is 19.9 Å². The van der Waals surface area contributed by atoms with Gasteiger partial charge in [0.1, 0.15) is 21.5 Å². The summed E-state index contributed by atoms with van der Waals surface area (Å²) >= 11 is 0. The molecule has 0 fully saturated rings. The third-order valence-electron chi connectivity index (χ3n) is 2.78. The summed E-state index contributed by atoms with van der Waals surface area (Å²) in [5.41, 5.74) is 5.52. The Morgan fingerprint density at radius 1 is 1.28 bits per heavy atom. The zero-order valence-electron chi connectivity index (χ0n) is 10.2. The zero-order valence-corrected chi connectivity index (χ0v) is 11.0. The Labute approximate surface area is 106 Å². The molecule has 6 heteroatoms. The molecule has 1 atom stereocenters. The van der Waals surface area contributed by atoms with Gasteiger partial charge in [-0.15, -0.1) is 0 Å². The van der Waals surface area contributed by atoms with E-state index in [1.807, 2.05) is 0 Å². The summed E-state index contributed by atoms with van der Waals surface area (Å²) in [4.78, 5) is 0. The van der Waals surface area contributed by atoms with Crippen molar-refractivity contribution in [3.63, 3.8) is 0 Å². The van der Waals surface area contributed by atoms with E-state index in [-0.39, 0.29) is 23.5 Å². The fourth-order valence-corrected chi connectivity index (χ4v) is 2.57. The molecule has 0 aromatic heterocycles. The van der Waals surface area contributed by atoms with Crippen LogP contribution in [0.2, 0.25) is 0 Å². The molecule has 0 aliphatic rings. The lowest BCUT2D eigenvalue weighted by molar-refractivity contribution is 0.509. The van der Waals surface area contributed by atoms with Crippen molar-refractivity contribution >= 4 is 9.84 Å². The highest BCUT2D eigenvalue weighted by Crippen LogP contribution is 2.22. The van der Waals surface area contributed by atoms with Crippen molar-refractivity contribution in [1.29, 1.82) is 0 Å². The minimum Gasteiger partial charge on any atom is -0.324 e. The van der Waals surface area contributed by atoms with Crippen molar-refractivity contribution < 1.29 is 17.2 Å². The average molecular weight is 277 g/mol. The van der Waals surface area contributed by atoms with Gasteiger partial charge in [-0.2, -0.15) is 0 Å². The average Bonchev–Trinajstić information content (AvgIpc) is 2.28. The molecule has 0 saturated heterocycles. The first kappa shape index (κ1) is 15.0. The van der Waals surface area contributed by atoms with Crippen LogP contribution in [0.3, 0.4) is 0 Å². The van der Waals surface area contributed by atoms with Gasteiger partial charge in [0.2, 0.25) is 0 Å². The van der Waals surface area contributed by atoms with Crippen LogP contribution < -0.4 is 5.73 Å². The normalized spacial score (nSPS) is 13.6. The van der Waals surface area contributed by atoms with Gasteiger partial charge in [-0.3, -0.25) is 0 Å². The van der Waals surface area contributed by atoms with Crippen molar-refractivity contribution in [2.75, 3.05) is 11.5 Å². The van der Waals surface area contributed by atoms with E-state index in [1.165, 1.54) is 6.07 Å². The van der Waals surface area contributed by atoms with Gasteiger partial charge in [-0.25, -0.2) is 17.2 Å². The third kappa shape index (κ3) is 4.03. The van der Waals surface area contributed by atoms with Gasteiger partial charge >= 0.3 is 0 Å². The van der Waals surface area contributed by atoms with Crippen LogP contribution in [0.4, 0.5) is 8.78 Å². The third-order valence-corrected chi connectivity index (χ3v) is 4.57.